The molecule has 14 heavy (non-hydrogen) atoms. The maximum absolute atomic E-state index is 3.34. The summed E-state index contributed by atoms with van der Waals surface area (Å²) in [5, 5.41) is 5.54. The van der Waals surface area contributed by atoms with Crippen LogP contribution >= 0.6 is 11.3 Å². The second-order valence-corrected chi connectivity index (χ2v) is 5.20. The van der Waals surface area contributed by atoms with E-state index in [1.165, 1.54) is 25.7 Å². The average Bonchev–Trinajstić information content (AvgIpc) is 2.87. The molecule has 0 spiro atoms. The van der Waals surface area contributed by atoms with E-state index in [4.69, 9.17) is 0 Å². The summed E-state index contributed by atoms with van der Waals surface area (Å²) in [5.41, 5.74) is 0. The molecule has 1 nitrogen and oxygen atoms in total. The minimum Gasteiger partial charge on any atom is -0.319 e. The first kappa shape index (κ1) is 10.2. The van der Waals surface area contributed by atoms with Crippen LogP contribution in [-0.4, -0.2) is 13.6 Å². The first-order valence-electron chi connectivity index (χ1n) is 5.60. The highest BCUT2D eigenvalue weighted by molar-refractivity contribution is 7.10. The molecule has 1 fully saturated rings. The fourth-order valence-corrected chi connectivity index (χ4v) is 3.50. The quantitative estimate of drug-likeness (QED) is 0.802. The highest BCUT2D eigenvalue weighted by Gasteiger charge is 2.26. The molecule has 1 aromatic rings. The van der Waals surface area contributed by atoms with Gasteiger partial charge >= 0.3 is 0 Å². The van der Waals surface area contributed by atoms with Gasteiger partial charge in [0.2, 0.25) is 0 Å². The van der Waals surface area contributed by atoms with E-state index >= 15 is 0 Å². The number of rotatable bonds is 4. The summed E-state index contributed by atoms with van der Waals surface area (Å²) in [6.07, 6.45) is 5.75. The molecule has 2 rings (SSSR count). The lowest BCUT2D eigenvalue weighted by Gasteiger charge is -2.21. The molecule has 0 aromatic carbocycles. The monoisotopic (exact) mass is 209 g/mol. The van der Waals surface area contributed by atoms with Crippen LogP contribution in [0.1, 0.15) is 36.5 Å². The van der Waals surface area contributed by atoms with Gasteiger partial charge in [-0.2, -0.15) is 0 Å². The molecule has 1 aromatic heterocycles. The Kier molecular flexibility index (Phi) is 3.60. The Bertz CT molecular complexity index is 249. The van der Waals surface area contributed by atoms with Gasteiger partial charge in [0, 0.05) is 17.3 Å². The van der Waals surface area contributed by atoms with Crippen LogP contribution in [0.5, 0.6) is 0 Å². The van der Waals surface area contributed by atoms with E-state index in [-0.39, 0.29) is 0 Å². The number of nitrogens with one attached hydrogen (secondary N) is 1. The number of hydrogen-bond donors (Lipinski definition) is 1. The van der Waals surface area contributed by atoms with Crippen molar-refractivity contribution in [2.75, 3.05) is 13.6 Å². The Labute approximate surface area is 90.5 Å². The van der Waals surface area contributed by atoms with Gasteiger partial charge in [0.05, 0.1) is 0 Å². The molecule has 1 heterocycles. The standard InChI is InChI=1S/C12H19NS/c1-13-9-11(10-5-2-3-6-10)12-7-4-8-14-12/h4,7-8,10-11,13H,2-3,5-6,9H2,1H3. The third-order valence-electron chi connectivity index (χ3n) is 3.30. The maximum atomic E-state index is 3.34. The zero-order chi connectivity index (χ0) is 9.80. The lowest BCUT2D eigenvalue weighted by Crippen LogP contribution is -2.22. The first-order valence-corrected chi connectivity index (χ1v) is 6.48. The van der Waals surface area contributed by atoms with Crippen molar-refractivity contribution in [1.29, 1.82) is 0 Å². The highest BCUT2D eigenvalue weighted by Crippen LogP contribution is 2.38. The fourth-order valence-electron chi connectivity index (χ4n) is 2.58. The van der Waals surface area contributed by atoms with Gasteiger partial charge in [-0.15, -0.1) is 11.3 Å². The van der Waals surface area contributed by atoms with Gasteiger partial charge in [0.1, 0.15) is 0 Å². The van der Waals surface area contributed by atoms with E-state index in [2.05, 4.69) is 29.9 Å². The number of thiophene rings is 1. The van der Waals surface area contributed by atoms with Crippen LogP contribution in [0.25, 0.3) is 0 Å². The van der Waals surface area contributed by atoms with Crippen molar-refractivity contribution >= 4 is 11.3 Å². The zero-order valence-electron chi connectivity index (χ0n) is 8.83. The third kappa shape index (κ3) is 2.18. The molecule has 0 radical (unpaired) electrons. The smallest absolute Gasteiger partial charge is 0.00916 e. The minimum absolute atomic E-state index is 0.766. The highest BCUT2D eigenvalue weighted by atomic mass is 32.1. The topological polar surface area (TPSA) is 12.0 Å². The van der Waals surface area contributed by atoms with E-state index in [1.54, 1.807) is 4.88 Å². The van der Waals surface area contributed by atoms with Gasteiger partial charge in [0.15, 0.2) is 0 Å². The van der Waals surface area contributed by atoms with Gasteiger partial charge in [-0.3, -0.25) is 0 Å². The minimum atomic E-state index is 0.766. The lowest BCUT2D eigenvalue weighted by atomic mass is 9.89. The molecule has 0 amide bonds. The van der Waals surface area contributed by atoms with Crippen molar-refractivity contribution in [3.8, 4) is 0 Å². The molecule has 2 heteroatoms. The van der Waals surface area contributed by atoms with Crippen molar-refractivity contribution in [2.45, 2.75) is 31.6 Å². The molecular weight excluding hydrogens is 190 g/mol. The van der Waals surface area contributed by atoms with Gasteiger partial charge in [0.25, 0.3) is 0 Å². The molecule has 0 aliphatic heterocycles. The SMILES string of the molecule is CNCC(c1cccs1)C1CCCC1. The molecule has 78 valence electrons. The summed E-state index contributed by atoms with van der Waals surface area (Å²) in [6, 6.07) is 4.47. The van der Waals surface area contributed by atoms with Crippen molar-refractivity contribution < 1.29 is 0 Å². The fraction of sp³-hybridized carbons (Fsp3) is 0.667. The van der Waals surface area contributed by atoms with Crippen LogP contribution in [0.15, 0.2) is 17.5 Å². The zero-order valence-corrected chi connectivity index (χ0v) is 9.65. The molecule has 1 atom stereocenters. The van der Waals surface area contributed by atoms with Crippen molar-refractivity contribution in [3.63, 3.8) is 0 Å². The Morgan fingerprint density at radius 1 is 1.50 bits per heavy atom. The van der Waals surface area contributed by atoms with E-state index < -0.39 is 0 Å². The third-order valence-corrected chi connectivity index (χ3v) is 4.31. The second-order valence-electron chi connectivity index (χ2n) is 4.22. The Morgan fingerprint density at radius 2 is 2.29 bits per heavy atom. The van der Waals surface area contributed by atoms with Crippen LogP contribution < -0.4 is 5.32 Å². The van der Waals surface area contributed by atoms with Crippen LogP contribution in [0.2, 0.25) is 0 Å². The summed E-state index contributed by atoms with van der Waals surface area (Å²) >= 11 is 1.92. The molecule has 1 aliphatic carbocycles. The molecular formula is C12H19NS. The van der Waals surface area contributed by atoms with Gasteiger partial charge in [-0.1, -0.05) is 18.9 Å². The number of likely N-dealkylation sites (N-methyl/N-ethyl adjacent to an activating group) is 1. The molecule has 0 bridgehead atoms. The number of hydrogen-bond acceptors (Lipinski definition) is 2. The summed E-state index contributed by atoms with van der Waals surface area (Å²) in [7, 11) is 2.07. The Morgan fingerprint density at radius 3 is 2.86 bits per heavy atom. The van der Waals surface area contributed by atoms with Gasteiger partial charge in [-0.25, -0.2) is 0 Å². The predicted molar refractivity (Wildman–Crippen MR) is 62.9 cm³/mol. The van der Waals surface area contributed by atoms with Gasteiger partial charge < -0.3 is 5.32 Å². The first-order chi connectivity index (χ1) is 6.92. The normalized spacial score (nSPS) is 20.1. The predicted octanol–water partition coefficient (Wildman–Crippen LogP) is 3.24. The van der Waals surface area contributed by atoms with E-state index in [9.17, 15) is 0 Å². The van der Waals surface area contributed by atoms with E-state index in [0.717, 1.165) is 18.4 Å². The molecule has 0 saturated heterocycles. The second kappa shape index (κ2) is 4.94. The van der Waals surface area contributed by atoms with E-state index in [1.807, 2.05) is 11.3 Å². The molecule has 1 N–H and O–H groups in total. The average molecular weight is 209 g/mol. The van der Waals surface area contributed by atoms with Crippen molar-refractivity contribution in [2.24, 2.45) is 5.92 Å². The Hall–Kier alpha value is -0.340. The largest absolute Gasteiger partial charge is 0.319 e. The van der Waals surface area contributed by atoms with Crippen LogP contribution in [0, 0.1) is 5.92 Å². The van der Waals surface area contributed by atoms with Crippen LogP contribution in [0.4, 0.5) is 0 Å². The summed E-state index contributed by atoms with van der Waals surface area (Å²) in [6.45, 7) is 1.14. The summed E-state index contributed by atoms with van der Waals surface area (Å²) < 4.78 is 0. The maximum Gasteiger partial charge on any atom is 0.00916 e. The molecule has 1 aliphatic rings. The molecule has 1 unspecified atom stereocenters. The lowest BCUT2D eigenvalue weighted by molar-refractivity contribution is 0.426. The van der Waals surface area contributed by atoms with E-state index in [0.29, 0.717) is 0 Å². The van der Waals surface area contributed by atoms with Crippen LogP contribution in [-0.2, 0) is 0 Å². The van der Waals surface area contributed by atoms with Crippen LogP contribution in [0.3, 0.4) is 0 Å². The summed E-state index contributed by atoms with van der Waals surface area (Å²) in [5.74, 6) is 1.70. The van der Waals surface area contributed by atoms with Crippen molar-refractivity contribution in [1.82, 2.24) is 5.32 Å². The molecule has 1 saturated carbocycles. The Balaban J connectivity index is 2.06. The van der Waals surface area contributed by atoms with Crippen molar-refractivity contribution in [3.05, 3.63) is 22.4 Å². The van der Waals surface area contributed by atoms with Gasteiger partial charge in [-0.05, 0) is 37.3 Å². The summed E-state index contributed by atoms with van der Waals surface area (Å²) in [4.78, 5) is 1.58.